The quantitative estimate of drug-likeness (QED) is 0.758. The van der Waals surface area contributed by atoms with Gasteiger partial charge < -0.3 is 4.74 Å². The van der Waals surface area contributed by atoms with Crippen molar-refractivity contribution in [1.82, 2.24) is 0 Å². The zero-order chi connectivity index (χ0) is 17.2. The van der Waals surface area contributed by atoms with Gasteiger partial charge in [-0.1, -0.05) is 30.3 Å². The molecule has 2 aliphatic heterocycles. The maximum absolute atomic E-state index is 12.8. The van der Waals surface area contributed by atoms with Crippen LogP contribution in [0.4, 0.5) is 0 Å². The van der Waals surface area contributed by atoms with Crippen molar-refractivity contribution in [2.45, 2.75) is 42.8 Å². The molecule has 2 bridgehead atoms. The summed E-state index contributed by atoms with van der Waals surface area (Å²) in [6, 6.07) is 17.5. The van der Waals surface area contributed by atoms with Gasteiger partial charge in [-0.25, -0.2) is 0 Å². The van der Waals surface area contributed by atoms with Gasteiger partial charge >= 0.3 is 0 Å². The number of rotatable bonds is 5. The molecule has 2 aromatic rings. The molecule has 2 saturated heterocycles. The minimum atomic E-state index is -0.709. The highest BCUT2D eigenvalue weighted by molar-refractivity contribution is 7.86. The molecular weight excluding hydrogens is 332 g/mol. The summed E-state index contributed by atoms with van der Waals surface area (Å²) in [4.78, 5) is 12.8. The summed E-state index contributed by atoms with van der Waals surface area (Å²) in [6.45, 7) is 0.520. The molecular formula is C21H22O3S. The van der Waals surface area contributed by atoms with E-state index >= 15 is 0 Å². The average molecular weight is 354 g/mol. The molecule has 130 valence electrons. The summed E-state index contributed by atoms with van der Waals surface area (Å²) in [5.41, 5.74) is 1.86. The van der Waals surface area contributed by atoms with Crippen molar-refractivity contribution in [3.05, 3.63) is 65.7 Å². The Morgan fingerprint density at radius 1 is 0.960 bits per heavy atom. The monoisotopic (exact) mass is 354 g/mol. The summed E-state index contributed by atoms with van der Waals surface area (Å²) in [7, 11) is -0.709. The van der Waals surface area contributed by atoms with E-state index in [1.807, 2.05) is 54.6 Å². The van der Waals surface area contributed by atoms with Crippen LogP contribution in [0, 0.1) is 5.92 Å². The molecule has 2 fully saturated rings. The number of ether oxygens (including phenoxy) is 1. The fraction of sp³-hybridized carbons (Fsp3) is 0.381. The Morgan fingerprint density at radius 2 is 1.60 bits per heavy atom. The maximum atomic E-state index is 12.8. The smallest absolute Gasteiger partial charge is 0.166 e. The zero-order valence-corrected chi connectivity index (χ0v) is 14.9. The van der Waals surface area contributed by atoms with Crippen LogP contribution in [0.1, 0.15) is 41.6 Å². The van der Waals surface area contributed by atoms with Crippen LogP contribution < -0.4 is 4.74 Å². The topological polar surface area (TPSA) is 43.4 Å². The molecule has 4 rings (SSSR count). The minimum absolute atomic E-state index is 0.0336. The first-order valence-corrected chi connectivity index (χ1v) is 10.2. The van der Waals surface area contributed by atoms with Crippen LogP contribution >= 0.6 is 0 Å². The van der Waals surface area contributed by atoms with Crippen LogP contribution in [0.25, 0.3) is 0 Å². The average Bonchev–Trinajstić information content (AvgIpc) is 2.87. The number of hydrogen-bond acceptors (Lipinski definition) is 3. The molecule has 3 nitrogen and oxygen atoms in total. The van der Waals surface area contributed by atoms with E-state index in [9.17, 15) is 9.00 Å². The fourth-order valence-electron chi connectivity index (χ4n) is 3.94. The van der Waals surface area contributed by atoms with Gasteiger partial charge in [-0.15, -0.1) is 0 Å². The third-order valence-corrected chi connectivity index (χ3v) is 7.49. The van der Waals surface area contributed by atoms with E-state index in [1.165, 1.54) is 0 Å². The molecule has 2 atom stereocenters. The number of benzene rings is 2. The van der Waals surface area contributed by atoms with Crippen LogP contribution in [-0.4, -0.2) is 20.5 Å². The van der Waals surface area contributed by atoms with E-state index < -0.39 is 10.8 Å². The Hall–Kier alpha value is -1.94. The number of ketones is 1. The van der Waals surface area contributed by atoms with Gasteiger partial charge in [0, 0.05) is 32.8 Å². The molecule has 0 spiro atoms. The minimum Gasteiger partial charge on any atom is -0.489 e. The second kappa shape index (κ2) is 7.12. The molecule has 0 aromatic heterocycles. The van der Waals surface area contributed by atoms with Gasteiger partial charge in [0.15, 0.2) is 5.78 Å². The van der Waals surface area contributed by atoms with Gasteiger partial charge in [0.1, 0.15) is 12.4 Å². The van der Waals surface area contributed by atoms with Crippen molar-refractivity contribution in [2.75, 3.05) is 0 Å². The standard InChI is InChI=1S/C21H22O3S/c22-21(17-12-19-10-11-20(13-17)25(19)23)16-6-8-18(9-7-16)24-14-15-4-2-1-3-5-15/h1-9,17,19-20H,10-14H2. The van der Waals surface area contributed by atoms with Crippen molar-refractivity contribution in [1.29, 1.82) is 0 Å². The summed E-state index contributed by atoms with van der Waals surface area (Å²) < 4.78 is 17.9. The van der Waals surface area contributed by atoms with Crippen LogP contribution in [0.5, 0.6) is 5.75 Å². The van der Waals surface area contributed by atoms with Crippen molar-refractivity contribution < 1.29 is 13.7 Å². The second-order valence-electron chi connectivity index (χ2n) is 6.98. The molecule has 0 saturated carbocycles. The SMILES string of the molecule is O=C(c1ccc(OCc2ccccc2)cc1)C1CC2CCC(C1)S2=O. The van der Waals surface area contributed by atoms with E-state index in [4.69, 9.17) is 4.74 Å². The largest absolute Gasteiger partial charge is 0.489 e. The van der Waals surface area contributed by atoms with Gasteiger partial charge in [0.05, 0.1) is 0 Å². The first kappa shape index (κ1) is 16.5. The number of Topliss-reactive ketones (excluding diaryl/α,β-unsaturated/α-hetero) is 1. The molecule has 0 N–H and O–H groups in total. The van der Waals surface area contributed by atoms with Crippen LogP contribution in [0.3, 0.4) is 0 Å². The molecule has 2 unspecified atom stereocenters. The van der Waals surface area contributed by atoms with E-state index in [-0.39, 0.29) is 22.2 Å². The van der Waals surface area contributed by atoms with E-state index in [2.05, 4.69) is 0 Å². The third-order valence-electron chi connectivity index (χ3n) is 5.32. The lowest BCUT2D eigenvalue weighted by molar-refractivity contribution is 0.0906. The molecule has 0 amide bonds. The summed E-state index contributed by atoms with van der Waals surface area (Å²) in [5.74, 6) is 1.000. The van der Waals surface area contributed by atoms with Crippen LogP contribution in [0.15, 0.2) is 54.6 Å². The van der Waals surface area contributed by atoms with Crippen molar-refractivity contribution in [3.63, 3.8) is 0 Å². The number of fused-ring (bicyclic) bond motifs is 2. The van der Waals surface area contributed by atoms with Crippen LogP contribution in [0.2, 0.25) is 0 Å². The van der Waals surface area contributed by atoms with E-state index in [1.54, 1.807) is 0 Å². The van der Waals surface area contributed by atoms with Gasteiger partial charge in [-0.3, -0.25) is 9.00 Å². The Morgan fingerprint density at radius 3 is 2.24 bits per heavy atom. The Bertz CT molecular complexity index is 753. The molecule has 2 aliphatic rings. The van der Waals surface area contributed by atoms with Crippen molar-refractivity contribution in [3.8, 4) is 5.75 Å². The number of hydrogen-bond donors (Lipinski definition) is 0. The lowest BCUT2D eigenvalue weighted by atomic mass is 9.90. The second-order valence-corrected chi connectivity index (χ2v) is 8.97. The van der Waals surface area contributed by atoms with Gasteiger partial charge in [-0.2, -0.15) is 0 Å². The third kappa shape index (κ3) is 3.54. The summed E-state index contributed by atoms with van der Waals surface area (Å²) in [6.07, 6.45) is 3.61. The fourth-order valence-corrected chi connectivity index (χ4v) is 6.06. The lowest BCUT2D eigenvalue weighted by Crippen LogP contribution is -2.32. The molecule has 0 aliphatic carbocycles. The Labute approximate surface area is 150 Å². The summed E-state index contributed by atoms with van der Waals surface area (Å²) in [5, 5.41) is 0.474. The van der Waals surface area contributed by atoms with E-state index in [0.717, 1.165) is 42.6 Å². The van der Waals surface area contributed by atoms with Gasteiger partial charge in [-0.05, 0) is 55.5 Å². The molecule has 2 heterocycles. The highest BCUT2D eigenvalue weighted by Crippen LogP contribution is 2.39. The first-order chi connectivity index (χ1) is 12.2. The van der Waals surface area contributed by atoms with Crippen LogP contribution in [-0.2, 0) is 17.4 Å². The normalized spacial score (nSPS) is 27.8. The molecule has 2 aromatic carbocycles. The number of carbonyl (C=O) groups is 1. The van der Waals surface area contributed by atoms with Gasteiger partial charge in [0.2, 0.25) is 0 Å². The predicted molar refractivity (Wildman–Crippen MR) is 99.2 cm³/mol. The highest BCUT2D eigenvalue weighted by Gasteiger charge is 2.42. The Kier molecular flexibility index (Phi) is 4.71. The maximum Gasteiger partial charge on any atom is 0.166 e. The predicted octanol–water partition coefficient (Wildman–Crippen LogP) is 4.14. The van der Waals surface area contributed by atoms with E-state index in [0.29, 0.717) is 6.61 Å². The van der Waals surface area contributed by atoms with Crippen molar-refractivity contribution in [2.24, 2.45) is 5.92 Å². The van der Waals surface area contributed by atoms with Crippen molar-refractivity contribution >= 4 is 16.6 Å². The Balaban J connectivity index is 1.38. The zero-order valence-electron chi connectivity index (χ0n) is 14.1. The summed E-state index contributed by atoms with van der Waals surface area (Å²) >= 11 is 0. The van der Waals surface area contributed by atoms with Gasteiger partial charge in [0.25, 0.3) is 0 Å². The lowest BCUT2D eigenvalue weighted by Gasteiger charge is -2.26. The first-order valence-electron chi connectivity index (χ1n) is 8.91. The molecule has 4 heteroatoms. The number of carbonyl (C=O) groups excluding carboxylic acids is 1. The highest BCUT2D eigenvalue weighted by atomic mass is 32.2. The molecule has 25 heavy (non-hydrogen) atoms. The molecule has 0 radical (unpaired) electrons.